The second kappa shape index (κ2) is 4.17. The highest BCUT2D eigenvalue weighted by molar-refractivity contribution is 5.75. The summed E-state index contributed by atoms with van der Waals surface area (Å²) in [5.41, 5.74) is 0. The summed E-state index contributed by atoms with van der Waals surface area (Å²) in [6.07, 6.45) is 4.74. The van der Waals surface area contributed by atoms with Crippen LogP contribution < -0.4 is 5.32 Å². The van der Waals surface area contributed by atoms with Crippen molar-refractivity contribution >= 4 is 6.03 Å². The van der Waals surface area contributed by atoms with Gasteiger partial charge in [0.25, 0.3) is 0 Å². The lowest BCUT2D eigenvalue weighted by Gasteiger charge is -2.38. The van der Waals surface area contributed by atoms with Gasteiger partial charge in [0.1, 0.15) is 0 Å². The van der Waals surface area contributed by atoms with E-state index in [9.17, 15) is 4.79 Å². The molecule has 14 heavy (non-hydrogen) atoms. The number of amides is 2. The number of nitrogens with one attached hydrogen (secondary N) is 1. The molecule has 1 aliphatic heterocycles. The van der Waals surface area contributed by atoms with E-state index in [0.29, 0.717) is 12.0 Å². The molecule has 0 atom stereocenters. The van der Waals surface area contributed by atoms with Crippen LogP contribution >= 0.6 is 0 Å². The molecule has 2 aliphatic rings. The Hall–Kier alpha value is -0.770. The fourth-order valence-electron chi connectivity index (χ4n) is 2.19. The van der Waals surface area contributed by atoms with Gasteiger partial charge in [-0.05, 0) is 12.8 Å². The lowest BCUT2D eigenvalue weighted by molar-refractivity contribution is 0.0763. The molecule has 1 saturated carbocycles. The molecule has 1 heterocycles. The van der Waals surface area contributed by atoms with Crippen LogP contribution in [0.2, 0.25) is 0 Å². The van der Waals surface area contributed by atoms with E-state index in [1.54, 1.807) is 4.90 Å². The summed E-state index contributed by atoms with van der Waals surface area (Å²) in [6, 6.07) is 0.456. The number of nitrogens with zero attached hydrogens (tertiary/aromatic N) is 1. The van der Waals surface area contributed by atoms with Gasteiger partial charge in [-0.25, -0.2) is 4.79 Å². The number of hydrogen-bond donors (Lipinski definition) is 2. The van der Waals surface area contributed by atoms with Crippen molar-refractivity contribution < 1.29 is 9.90 Å². The fraction of sp³-hybridized carbons (Fsp3) is 0.900. The Balaban J connectivity index is 1.69. The predicted molar refractivity (Wildman–Crippen MR) is 52.9 cm³/mol. The number of likely N-dealkylation sites (tertiary alicyclic amines) is 1. The van der Waals surface area contributed by atoms with Gasteiger partial charge < -0.3 is 15.3 Å². The molecule has 4 heteroatoms. The van der Waals surface area contributed by atoms with Crippen LogP contribution in [0.4, 0.5) is 4.79 Å². The van der Waals surface area contributed by atoms with E-state index < -0.39 is 0 Å². The summed E-state index contributed by atoms with van der Waals surface area (Å²) in [5.74, 6) is 0.310. The molecule has 1 saturated heterocycles. The Bertz CT molecular complexity index is 208. The average molecular weight is 198 g/mol. The average Bonchev–Trinajstić information content (AvgIpc) is 2.54. The highest BCUT2D eigenvalue weighted by atomic mass is 16.3. The molecule has 4 nitrogen and oxygen atoms in total. The summed E-state index contributed by atoms with van der Waals surface area (Å²) in [6.45, 7) is 1.64. The first kappa shape index (κ1) is 9.77. The van der Waals surface area contributed by atoms with E-state index in [2.05, 4.69) is 5.32 Å². The van der Waals surface area contributed by atoms with E-state index in [0.717, 1.165) is 25.9 Å². The van der Waals surface area contributed by atoms with Crippen molar-refractivity contribution in [1.29, 1.82) is 0 Å². The number of carbonyl (C=O) groups excluding carboxylic acids is 1. The summed E-state index contributed by atoms with van der Waals surface area (Å²) in [5, 5.41) is 11.8. The van der Waals surface area contributed by atoms with Crippen LogP contribution in [0.25, 0.3) is 0 Å². The van der Waals surface area contributed by atoms with Crippen molar-refractivity contribution in [1.82, 2.24) is 10.2 Å². The molecule has 0 aromatic rings. The fourth-order valence-corrected chi connectivity index (χ4v) is 2.19. The number of carbonyl (C=O) groups is 1. The van der Waals surface area contributed by atoms with Crippen molar-refractivity contribution in [3.8, 4) is 0 Å². The second-order valence-electron chi connectivity index (χ2n) is 4.38. The van der Waals surface area contributed by atoms with Gasteiger partial charge in [-0.15, -0.1) is 0 Å². The molecule has 2 rings (SSSR count). The Morgan fingerprint density at radius 1 is 1.36 bits per heavy atom. The minimum Gasteiger partial charge on any atom is -0.396 e. The highest BCUT2D eigenvalue weighted by Crippen LogP contribution is 2.19. The minimum absolute atomic E-state index is 0.0570. The topological polar surface area (TPSA) is 52.6 Å². The van der Waals surface area contributed by atoms with Gasteiger partial charge in [-0.3, -0.25) is 0 Å². The lowest BCUT2D eigenvalue weighted by Crippen LogP contribution is -2.56. The van der Waals surface area contributed by atoms with E-state index >= 15 is 0 Å². The lowest BCUT2D eigenvalue weighted by atomic mass is 10.0. The molecule has 0 spiro atoms. The van der Waals surface area contributed by atoms with Crippen molar-refractivity contribution in [2.75, 3.05) is 19.7 Å². The Morgan fingerprint density at radius 2 is 2.00 bits per heavy atom. The monoisotopic (exact) mass is 198 g/mol. The van der Waals surface area contributed by atoms with Crippen LogP contribution in [0.15, 0.2) is 0 Å². The van der Waals surface area contributed by atoms with Crippen LogP contribution in [0.5, 0.6) is 0 Å². The minimum atomic E-state index is 0.0570. The van der Waals surface area contributed by atoms with Gasteiger partial charge in [-0.2, -0.15) is 0 Å². The number of urea groups is 1. The Kier molecular flexibility index (Phi) is 2.91. The largest absolute Gasteiger partial charge is 0.396 e. The van der Waals surface area contributed by atoms with Crippen molar-refractivity contribution in [2.45, 2.75) is 31.7 Å². The van der Waals surface area contributed by atoms with Crippen molar-refractivity contribution in [3.05, 3.63) is 0 Å². The van der Waals surface area contributed by atoms with E-state index in [-0.39, 0.29) is 12.6 Å². The molecule has 0 unspecified atom stereocenters. The van der Waals surface area contributed by atoms with Gasteiger partial charge >= 0.3 is 6.03 Å². The second-order valence-corrected chi connectivity index (χ2v) is 4.38. The van der Waals surface area contributed by atoms with Gasteiger partial charge in [0.15, 0.2) is 0 Å². The van der Waals surface area contributed by atoms with Crippen molar-refractivity contribution in [3.63, 3.8) is 0 Å². The predicted octanol–water partition coefficient (Wildman–Crippen LogP) is 0.563. The third-order valence-electron chi connectivity index (χ3n) is 3.19. The quantitative estimate of drug-likeness (QED) is 0.681. The molecular weight excluding hydrogens is 180 g/mol. The zero-order chi connectivity index (χ0) is 9.97. The molecule has 0 radical (unpaired) electrons. The standard InChI is InChI=1S/C10H18N2O2/c13-7-8-5-12(6-8)10(14)11-9-3-1-2-4-9/h8-9,13H,1-7H2,(H,11,14). The van der Waals surface area contributed by atoms with E-state index in [1.165, 1.54) is 12.8 Å². The highest BCUT2D eigenvalue weighted by Gasteiger charge is 2.31. The molecule has 0 aromatic carbocycles. The normalized spacial score (nSPS) is 23.6. The SMILES string of the molecule is O=C(NC1CCCC1)N1CC(CO)C1. The van der Waals surface area contributed by atoms with Crippen LogP contribution in [0, 0.1) is 5.92 Å². The number of aliphatic hydroxyl groups excluding tert-OH is 1. The third-order valence-corrected chi connectivity index (χ3v) is 3.19. The van der Waals surface area contributed by atoms with Gasteiger partial charge in [0.05, 0.1) is 0 Å². The van der Waals surface area contributed by atoms with Crippen LogP contribution in [-0.4, -0.2) is 41.8 Å². The maximum atomic E-state index is 11.6. The molecule has 1 aliphatic carbocycles. The zero-order valence-corrected chi connectivity index (χ0v) is 8.41. The molecular formula is C10H18N2O2. The summed E-state index contributed by atoms with van der Waals surface area (Å²) >= 11 is 0. The Labute approximate surface area is 84.3 Å². The number of aliphatic hydroxyl groups is 1. The van der Waals surface area contributed by atoms with Gasteiger partial charge in [0.2, 0.25) is 0 Å². The number of hydrogen-bond acceptors (Lipinski definition) is 2. The van der Waals surface area contributed by atoms with Crippen molar-refractivity contribution in [2.24, 2.45) is 5.92 Å². The maximum Gasteiger partial charge on any atom is 0.317 e. The first-order valence-corrected chi connectivity index (χ1v) is 5.46. The van der Waals surface area contributed by atoms with E-state index in [1.807, 2.05) is 0 Å². The van der Waals surface area contributed by atoms with Crippen LogP contribution in [0.3, 0.4) is 0 Å². The molecule has 0 bridgehead atoms. The maximum absolute atomic E-state index is 11.6. The third kappa shape index (κ3) is 2.00. The summed E-state index contributed by atoms with van der Waals surface area (Å²) in [7, 11) is 0. The van der Waals surface area contributed by atoms with Gasteiger partial charge in [0, 0.05) is 31.7 Å². The van der Waals surface area contributed by atoms with E-state index in [4.69, 9.17) is 5.11 Å². The molecule has 2 amide bonds. The zero-order valence-electron chi connectivity index (χ0n) is 8.41. The molecule has 2 N–H and O–H groups in total. The molecule has 0 aromatic heterocycles. The molecule has 80 valence electrons. The first-order valence-electron chi connectivity index (χ1n) is 5.46. The van der Waals surface area contributed by atoms with Crippen LogP contribution in [0.1, 0.15) is 25.7 Å². The van der Waals surface area contributed by atoms with Gasteiger partial charge in [-0.1, -0.05) is 12.8 Å². The number of rotatable bonds is 2. The smallest absolute Gasteiger partial charge is 0.317 e. The first-order chi connectivity index (χ1) is 6.79. The summed E-state index contributed by atoms with van der Waals surface area (Å²) < 4.78 is 0. The Morgan fingerprint density at radius 3 is 2.57 bits per heavy atom. The van der Waals surface area contributed by atoms with Crippen LogP contribution in [-0.2, 0) is 0 Å². The summed E-state index contributed by atoms with van der Waals surface area (Å²) in [4.78, 5) is 13.4. The molecule has 2 fully saturated rings.